The Balaban J connectivity index is 1.30. The summed E-state index contributed by atoms with van der Waals surface area (Å²) in [7, 11) is 0. The molecule has 0 radical (unpaired) electrons. The second-order valence-electron chi connectivity index (χ2n) is 9.40. The maximum atomic E-state index is 10.2. The fourth-order valence-electron chi connectivity index (χ4n) is 3.87. The Morgan fingerprint density at radius 1 is 0.583 bits per heavy atom. The van der Waals surface area contributed by atoms with Crippen LogP contribution in [0, 0.1) is 0 Å². The molecule has 0 fully saturated rings. The quantitative estimate of drug-likeness (QED) is 0.245. The van der Waals surface area contributed by atoms with Crippen molar-refractivity contribution in [3.8, 4) is 11.5 Å². The first kappa shape index (κ1) is 27.7. The Morgan fingerprint density at radius 2 is 0.944 bits per heavy atom. The predicted octanol–water partition coefficient (Wildman–Crippen LogP) is 3.61. The zero-order chi connectivity index (χ0) is 25.6. The van der Waals surface area contributed by atoms with Gasteiger partial charge in [0.2, 0.25) is 0 Å². The van der Waals surface area contributed by atoms with E-state index >= 15 is 0 Å². The molecule has 0 spiro atoms. The van der Waals surface area contributed by atoms with Crippen molar-refractivity contribution < 1.29 is 19.7 Å². The summed E-state index contributed by atoms with van der Waals surface area (Å²) in [5.41, 5.74) is 2.51. The number of para-hydroxylation sites is 2. The summed E-state index contributed by atoms with van der Waals surface area (Å²) in [6.45, 7) is 5.74. The van der Waals surface area contributed by atoms with Crippen LogP contribution in [0.2, 0.25) is 0 Å². The highest BCUT2D eigenvalue weighted by molar-refractivity contribution is 5.24. The van der Waals surface area contributed by atoms with Crippen molar-refractivity contribution >= 4 is 0 Å². The molecule has 6 nitrogen and oxygen atoms in total. The van der Waals surface area contributed by atoms with E-state index in [0.29, 0.717) is 13.1 Å². The van der Waals surface area contributed by atoms with Crippen molar-refractivity contribution in [3.05, 3.63) is 96.1 Å². The van der Waals surface area contributed by atoms with Crippen molar-refractivity contribution in [1.29, 1.82) is 0 Å². The maximum Gasteiger partial charge on any atom is 0.119 e. The molecule has 0 aliphatic rings. The SMILES string of the molecule is C[C@H](Cc1ccc(C[C@@H](C)NC[C@H](O)COc2ccccc2)cc1)NC[C@H](O)COc1ccccc1. The Kier molecular flexibility index (Phi) is 11.7. The van der Waals surface area contributed by atoms with Crippen molar-refractivity contribution in [2.24, 2.45) is 0 Å². The first-order valence-corrected chi connectivity index (χ1v) is 12.7. The van der Waals surface area contributed by atoms with E-state index < -0.39 is 12.2 Å². The number of aliphatic hydroxyl groups excluding tert-OH is 2. The van der Waals surface area contributed by atoms with Gasteiger partial charge in [-0.15, -0.1) is 0 Å². The molecular weight excluding hydrogens is 452 g/mol. The lowest BCUT2D eigenvalue weighted by molar-refractivity contribution is 0.104. The average molecular weight is 493 g/mol. The lowest BCUT2D eigenvalue weighted by Gasteiger charge is -2.19. The van der Waals surface area contributed by atoms with Gasteiger partial charge in [-0.1, -0.05) is 60.7 Å². The number of rotatable bonds is 16. The molecule has 3 aromatic carbocycles. The maximum absolute atomic E-state index is 10.2. The Hall–Kier alpha value is -2.90. The van der Waals surface area contributed by atoms with E-state index in [0.717, 1.165) is 24.3 Å². The standard InChI is InChI=1S/C30H40N2O4/c1-23(31-19-27(33)21-35-29-9-5-3-6-10-29)17-25-13-15-26(16-14-25)18-24(2)32-20-28(34)22-36-30-11-7-4-8-12-30/h3-16,23-24,27-28,31-34H,17-22H2,1-2H3/t23-,24-,27+,28+/m1/s1. The fourth-order valence-corrected chi connectivity index (χ4v) is 3.87. The number of hydrogen-bond acceptors (Lipinski definition) is 6. The van der Waals surface area contributed by atoms with E-state index in [2.05, 4.69) is 48.7 Å². The van der Waals surface area contributed by atoms with Crippen LogP contribution in [0.25, 0.3) is 0 Å². The van der Waals surface area contributed by atoms with Crippen LogP contribution in [0.3, 0.4) is 0 Å². The van der Waals surface area contributed by atoms with E-state index in [1.54, 1.807) is 0 Å². The summed E-state index contributed by atoms with van der Waals surface area (Å²) in [5, 5.41) is 27.2. The second kappa shape index (κ2) is 15.3. The van der Waals surface area contributed by atoms with Gasteiger partial charge in [0, 0.05) is 25.2 Å². The van der Waals surface area contributed by atoms with E-state index in [4.69, 9.17) is 9.47 Å². The van der Waals surface area contributed by atoms with Gasteiger partial charge in [-0.2, -0.15) is 0 Å². The van der Waals surface area contributed by atoms with Gasteiger partial charge in [0.15, 0.2) is 0 Å². The number of hydrogen-bond donors (Lipinski definition) is 4. The molecule has 0 saturated heterocycles. The largest absolute Gasteiger partial charge is 0.491 e. The lowest BCUT2D eigenvalue weighted by Crippen LogP contribution is -2.37. The van der Waals surface area contributed by atoms with Crippen molar-refractivity contribution in [3.63, 3.8) is 0 Å². The molecule has 3 aromatic rings. The first-order valence-electron chi connectivity index (χ1n) is 12.7. The van der Waals surface area contributed by atoms with Crippen LogP contribution in [0.15, 0.2) is 84.9 Å². The summed E-state index contributed by atoms with van der Waals surface area (Å²) in [6, 6.07) is 28.2. The summed E-state index contributed by atoms with van der Waals surface area (Å²) >= 11 is 0. The molecule has 4 N–H and O–H groups in total. The predicted molar refractivity (Wildman–Crippen MR) is 145 cm³/mol. The highest BCUT2D eigenvalue weighted by Crippen LogP contribution is 2.11. The van der Waals surface area contributed by atoms with Gasteiger partial charge < -0.3 is 30.3 Å². The normalized spacial score (nSPS) is 14.6. The third-order valence-electron chi connectivity index (χ3n) is 5.88. The van der Waals surface area contributed by atoms with E-state index in [1.807, 2.05) is 60.7 Å². The van der Waals surface area contributed by atoms with Crippen LogP contribution in [-0.4, -0.2) is 60.8 Å². The molecule has 0 aliphatic carbocycles. The van der Waals surface area contributed by atoms with Crippen LogP contribution >= 0.6 is 0 Å². The van der Waals surface area contributed by atoms with Gasteiger partial charge in [0.25, 0.3) is 0 Å². The smallest absolute Gasteiger partial charge is 0.119 e. The van der Waals surface area contributed by atoms with Crippen LogP contribution in [0.4, 0.5) is 0 Å². The zero-order valence-electron chi connectivity index (χ0n) is 21.3. The number of ether oxygens (including phenoxy) is 2. The van der Waals surface area contributed by atoms with Crippen LogP contribution in [0.5, 0.6) is 11.5 Å². The third-order valence-corrected chi connectivity index (χ3v) is 5.88. The molecular formula is C30H40N2O4. The zero-order valence-corrected chi connectivity index (χ0v) is 21.3. The molecule has 0 aliphatic heterocycles. The number of aliphatic hydroxyl groups is 2. The van der Waals surface area contributed by atoms with Crippen LogP contribution in [-0.2, 0) is 12.8 Å². The topological polar surface area (TPSA) is 83.0 Å². The van der Waals surface area contributed by atoms with Crippen molar-refractivity contribution in [1.82, 2.24) is 10.6 Å². The molecule has 0 unspecified atom stereocenters. The Labute approximate surface area is 215 Å². The highest BCUT2D eigenvalue weighted by atomic mass is 16.5. The average Bonchev–Trinajstić information content (AvgIpc) is 2.90. The minimum absolute atomic E-state index is 0.238. The second-order valence-corrected chi connectivity index (χ2v) is 9.40. The van der Waals surface area contributed by atoms with Crippen LogP contribution in [0.1, 0.15) is 25.0 Å². The molecule has 0 amide bonds. The van der Waals surface area contributed by atoms with Gasteiger partial charge in [0.1, 0.15) is 36.9 Å². The van der Waals surface area contributed by atoms with Crippen molar-refractivity contribution in [2.45, 2.75) is 51.0 Å². The summed E-state index contributed by atoms with van der Waals surface area (Å²) < 4.78 is 11.2. The number of nitrogens with one attached hydrogen (secondary N) is 2. The molecule has 0 aromatic heterocycles. The van der Waals surface area contributed by atoms with Gasteiger partial charge in [0.05, 0.1) is 0 Å². The fraction of sp³-hybridized carbons (Fsp3) is 0.400. The molecule has 6 heteroatoms. The molecule has 194 valence electrons. The molecule has 0 saturated carbocycles. The molecule has 36 heavy (non-hydrogen) atoms. The monoisotopic (exact) mass is 492 g/mol. The van der Waals surface area contributed by atoms with Gasteiger partial charge in [-0.25, -0.2) is 0 Å². The Bertz CT molecular complexity index is 889. The first-order chi connectivity index (χ1) is 17.5. The van der Waals surface area contributed by atoms with Gasteiger partial charge >= 0.3 is 0 Å². The summed E-state index contributed by atoms with van der Waals surface area (Å²) in [4.78, 5) is 0. The Morgan fingerprint density at radius 3 is 1.31 bits per heavy atom. The van der Waals surface area contributed by atoms with E-state index in [1.165, 1.54) is 11.1 Å². The lowest BCUT2D eigenvalue weighted by atomic mass is 10.0. The minimum atomic E-state index is -0.563. The third kappa shape index (κ3) is 10.8. The van der Waals surface area contributed by atoms with Gasteiger partial charge in [-0.05, 0) is 62.1 Å². The summed E-state index contributed by atoms with van der Waals surface area (Å²) in [5.74, 6) is 1.53. The van der Waals surface area contributed by atoms with Crippen molar-refractivity contribution in [2.75, 3.05) is 26.3 Å². The van der Waals surface area contributed by atoms with Crippen LogP contribution < -0.4 is 20.1 Å². The number of benzene rings is 3. The van der Waals surface area contributed by atoms with E-state index in [-0.39, 0.29) is 25.3 Å². The summed E-state index contributed by atoms with van der Waals surface area (Å²) in [6.07, 6.45) is 0.641. The molecule has 4 atom stereocenters. The van der Waals surface area contributed by atoms with E-state index in [9.17, 15) is 10.2 Å². The molecule has 0 bridgehead atoms. The molecule has 3 rings (SSSR count). The highest BCUT2D eigenvalue weighted by Gasteiger charge is 2.11. The molecule has 0 heterocycles. The minimum Gasteiger partial charge on any atom is -0.491 e. The van der Waals surface area contributed by atoms with Gasteiger partial charge in [-0.3, -0.25) is 0 Å².